The largest absolute Gasteiger partial charge is 0.307 e. The van der Waals surface area contributed by atoms with Gasteiger partial charge in [-0.3, -0.25) is 14.9 Å². The van der Waals surface area contributed by atoms with E-state index in [1.54, 1.807) is 0 Å². The van der Waals surface area contributed by atoms with E-state index in [0.717, 1.165) is 12.1 Å². The predicted octanol–water partition coefficient (Wildman–Crippen LogP) is 1.69. The molecule has 0 amide bonds. The second-order valence-corrected chi connectivity index (χ2v) is 2.18. The lowest BCUT2D eigenvalue weighted by Crippen LogP contribution is -1.98. The number of hydrogen-bond donors (Lipinski definition) is 0. The maximum atomic E-state index is 12.7. The van der Waals surface area contributed by atoms with Crippen molar-refractivity contribution < 1.29 is 18.5 Å². The minimum absolute atomic E-state index is 0.0855. The van der Waals surface area contributed by atoms with E-state index < -0.39 is 27.8 Å². The van der Waals surface area contributed by atoms with Gasteiger partial charge in [0.05, 0.1) is 10.5 Å². The van der Waals surface area contributed by atoms with Gasteiger partial charge in [0.25, 0.3) is 0 Å². The first-order chi connectivity index (χ1) is 6.07. The van der Waals surface area contributed by atoms with Crippen molar-refractivity contribution in [3.05, 3.63) is 39.4 Å². The average molecular weight is 187 g/mol. The van der Waals surface area contributed by atoms with Crippen LogP contribution >= 0.6 is 0 Å². The molecule has 0 saturated carbocycles. The van der Waals surface area contributed by atoms with Crippen molar-refractivity contribution in [2.45, 2.75) is 0 Å². The Morgan fingerprint density at radius 1 is 1.31 bits per heavy atom. The summed E-state index contributed by atoms with van der Waals surface area (Å²) in [4.78, 5) is 19.1. The number of rotatable bonds is 2. The summed E-state index contributed by atoms with van der Waals surface area (Å²) in [6.45, 7) is 0. The molecule has 1 aromatic carbocycles. The number of nitro benzene ring substituents is 1. The molecule has 0 N–H and O–H groups in total. The average Bonchev–Trinajstić information content (AvgIpc) is 2.09. The van der Waals surface area contributed by atoms with E-state index in [0.29, 0.717) is 0 Å². The summed E-state index contributed by atoms with van der Waals surface area (Å²) in [5, 5.41) is 10.1. The lowest BCUT2D eigenvalue weighted by Gasteiger charge is -1.96. The predicted molar refractivity (Wildman–Crippen MR) is 38.4 cm³/mol. The van der Waals surface area contributed by atoms with Crippen LogP contribution < -0.4 is 0 Å². The van der Waals surface area contributed by atoms with E-state index in [-0.39, 0.29) is 6.29 Å². The molecule has 1 aromatic rings. The molecule has 0 atom stereocenters. The molecular formula is C7H3F2NO3. The van der Waals surface area contributed by atoms with Gasteiger partial charge in [0.1, 0.15) is 0 Å². The van der Waals surface area contributed by atoms with Crippen LogP contribution in [0.3, 0.4) is 0 Å². The molecule has 6 heteroatoms. The maximum Gasteiger partial charge on any atom is 0.307 e. The standard InChI is InChI=1S/C7H3F2NO3/c8-6-4(3-11)1-2-5(7(6)9)10(12)13/h1-3H. The Morgan fingerprint density at radius 3 is 2.38 bits per heavy atom. The highest BCUT2D eigenvalue weighted by Crippen LogP contribution is 2.21. The Hall–Kier alpha value is -1.85. The highest BCUT2D eigenvalue weighted by atomic mass is 19.2. The Bertz CT molecular complexity index is 378. The zero-order valence-electron chi connectivity index (χ0n) is 6.16. The van der Waals surface area contributed by atoms with E-state index in [1.807, 2.05) is 0 Å². The fourth-order valence-corrected chi connectivity index (χ4v) is 0.786. The monoisotopic (exact) mass is 187 g/mol. The highest BCUT2D eigenvalue weighted by molar-refractivity contribution is 5.75. The van der Waals surface area contributed by atoms with Gasteiger partial charge in [-0.2, -0.15) is 4.39 Å². The molecule has 0 unspecified atom stereocenters. The molecule has 0 saturated heterocycles. The third kappa shape index (κ3) is 1.51. The van der Waals surface area contributed by atoms with E-state index >= 15 is 0 Å². The molecule has 0 aliphatic carbocycles. The van der Waals surface area contributed by atoms with Crippen LogP contribution in [0.4, 0.5) is 14.5 Å². The normalized spacial score (nSPS) is 9.69. The Kier molecular flexibility index (Phi) is 2.32. The molecule has 0 radical (unpaired) electrons. The van der Waals surface area contributed by atoms with E-state index in [9.17, 15) is 23.7 Å². The van der Waals surface area contributed by atoms with Gasteiger partial charge >= 0.3 is 5.69 Å². The lowest BCUT2D eigenvalue weighted by molar-refractivity contribution is -0.387. The maximum absolute atomic E-state index is 12.7. The number of carbonyl (C=O) groups excluding carboxylic acids is 1. The summed E-state index contributed by atoms with van der Waals surface area (Å²) in [6.07, 6.45) is 0.0855. The first-order valence-electron chi connectivity index (χ1n) is 3.15. The van der Waals surface area contributed by atoms with Gasteiger partial charge in [-0.25, -0.2) is 4.39 Å². The molecule has 13 heavy (non-hydrogen) atoms. The summed E-state index contributed by atoms with van der Waals surface area (Å²) in [5.74, 6) is -3.11. The quantitative estimate of drug-likeness (QED) is 0.402. The van der Waals surface area contributed by atoms with Gasteiger partial charge in [0.2, 0.25) is 5.82 Å². The van der Waals surface area contributed by atoms with Gasteiger partial charge in [-0.15, -0.1) is 0 Å². The van der Waals surface area contributed by atoms with Gasteiger partial charge < -0.3 is 0 Å². The third-order valence-corrected chi connectivity index (χ3v) is 1.42. The van der Waals surface area contributed by atoms with Crippen LogP contribution in [0.25, 0.3) is 0 Å². The van der Waals surface area contributed by atoms with Crippen molar-refractivity contribution in [3.63, 3.8) is 0 Å². The van der Waals surface area contributed by atoms with Crippen molar-refractivity contribution in [1.82, 2.24) is 0 Å². The fourth-order valence-electron chi connectivity index (χ4n) is 0.786. The first-order valence-corrected chi connectivity index (χ1v) is 3.15. The van der Waals surface area contributed by atoms with Crippen LogP contribution in [-0.2, 0) is 0 Å². The topological polar surface area (TPSA) is 60.2 Å². The number of carbonyl (C=O) groups is 1. The fraction of sp³-hybridized carbons (Fsp3) is 0. The smallest absolute Gasteiger partial charge is 0.298 e. The van der Waals surface area contributed by atoms with Crippen molar-refractivity contribution in [2.24, 2.45) is 0 Å². The summed E-state index contributed by atoms with van der Waals surface area (Å²) in [6, 6.07) is 1.59. The number of nitrogens with zero attached hydrogens (tertiary/aromatic N) is 1. The van der Waals surface area contributed by atoms with Crippen molar-refractivity contribution in [3.8, 4) is 0 Å². The van der Waals surface area contributed by atoms with Gasteiger partial charge in [-0.05, 0) is 6.07 Å². The van der Waals surface area contributed by atoms with Gasteiger partial charge in [0, 0.05) is 6.07 Å². The van der Waals surface area contributed by atoms with E-state index in [4.69, 9.17) is 0 Å². The molecule has 0 fully saturated rings. The molecule has 0 bridgehead atoms. The minimum Gasteiger partial charge on any atom is -0.298 e. The molecule has 1 rings (SSSR count). The number of halogens is 2. The summed E-state index contributed by atoms with van der Waals surface area (Å²) < 4.78 is 25.4. The van der Waals surface area contributed by atoms with Gasteiger partial charge in [0.15, 0.2) is 12.1 Å². The van der Waals surface area contributed by atoms with E-state index in [1.165, 1.54) is 0 Å². The van der Waals surface area contributed by atoms with Gasteiger partial charge in [-0.1, -0.05) is 0 Å². The van der Waals surface area contributed by atoms with Crippen LogP contribution in [0.15, 0.2) is 12.1 Å². The van der Waals surface area contributed by atoms with Crippen LogP contribution in [0.2, 0.25) is 0 Å². The first kappa shape index (κ1) is 9.24. The molecule has 68 valence electrons. The Balaban J connectivity index is 3.39. The molecule has 0 aromatic heterocycles. The number of aldehydes is 1. The van der Waals surface area contributed by atoms with Crippen LogP contribution in [-0.4, -0.2) is 11.2 Å². The van der Waals surface area contributed by atoms with Crippen molar-refractivity contribution >= 4 is 12.0 Å². The highest BCUT2D eigenvalue weighted by Gasteiger charge is 2.20. The van der Waals surface area contributed by atoms with Crippen LogP contribution in [0, 0.1) is 21.7 Å². The zero-order chi connectivity index (χ0) is 10.0. The molecular weight excluding hydrogens is 184 g/mol. The molecule has 0 heterocycles. The molecule has 4 nitrogen and oxygen atoms in total. The lowest BCUT2D eigenvalue weighted by atomic mass is 10.2. The Morgan fingerprint density at radius 2 is 1.92 bits per heavy atom. The molecule has 0 aliphatic rings. The minimum atomic E-state index is -1.62. The summed E-state index contributed by atoms with van der Waals surface area (Å²) in [5.41, 5.74) is -1.52. The summed E-state index contributed by atoms with van der Waals surface area (Å²) in [7, 11) is 0. The molecule has 0 aliphatic heterocycles. The molecule has 0 spiro atoms. The van der Waals surface area contributed by atoms with E-state index in [2.05, 4.69) is 0 Å². The Labute approximate surface area is 70.9 Å². The third-order valence-electron chi connectivity index (χ3n) is 1.42. The number of hydrogen-bond acceptors (Lipinski definition) is 3. The van der Waals surface area contributed by atoms with Crippen molar-refractivity contribution in [1.29, 1.82) is 0 Å². The number of nitro groups is 1. The van der Waals surface area contributed by atoms with Crippen LogP contribution in [0.1, 0.15) is 10.4 Å². The second kappa shape index (κ2) is 3.26. The summed E-state index contributed by atoms with van der Waals surface area (Å²) >= 11 is 0. The number of benzene rings is 1. The SMILES string of the molecule is O=Cc1ccc([N+](=O)[O-])c(F)c1F. The van der Waals surface area contributed by atoms with Crippen LogP contribution in [0.5, 0.6) is 0 Å². The zero-order valence-corrected chi connectivity index (χ0v) is 6.16. The van der Waals surface area contributed by atoms with Crippen molar-refractivity contribution in [2.75, 3.05) is 0 Å². The second-order valence-electron chi connectivity index (χ2n) is 2.18.